The molecule has 3 nitrogen and oxygen atoms in total. The second kappa shape index (κ2) is 2.32. The third-order valence-corrected chi connectivity index (χ3v) is 2.69. The molecule has 3 heteroatoms. The summed E-state index contributed by atoms with van der Waals surface area (Å²) in [7, 11) is 1.85. The summed E-state index contributed by atoms with van der Waals surface area (Å²) < 4.78 is 1.77. The van der Waals surface area contributed by atoms with Gasteiger partial charge in [0.25, 0.3) is 0 Å². The van der Waals surface area contributed by atoms with Crippen molar-refractivity contribution in [2.75, 3.05) is 0 Å². The number of aromatic hydroxyl groups is 1. The summed E-state index contributed by atoms with van der Waals surface area (Å²) in [6, 6.07) is 7.92. The fraction of sp³-hybridized carbons (Fsp3) is 0.0909. The molecule has 0 aliphatic heterocycles. The lowest BCUT2D eigenvalue weighted by Gasteiger charge is -1.97. The van der Waals surface area contributed by atoms with Crippen LogP contribution in [0.5, 0.6) is 5.88 Å². The van der Waals surface area contributed by atoms with Crippen LogP contribution in [0.15, 0.2) is 30.5 Å². The van der Waals surface area contributed by atoms with Crippen LogP contribution in [0.2, 0.25) is 0 Å². The lowest BCUT2D eigenvalue weighted by Crippen LogP contribution is -1.85. The Bertz CT molecular complexity index is 619. The number of aromatic amines is 1. The quantitative estimate of drug-likeness (QED) is 0.556. The first-order chi connectivity index (χ1) is 6.75. The minimum absolute atomic E-state index is 0.299. The van der Waals surface area contributed by atoms with Crippen molar-refractivity contribution in [2.24, 2.45) is 7.05 Å². The summed E-state index contributed by atoms with van der Waals surface area (Å²) in [5.74, 6) is 0.299. The number of aromatic nitrogens is 2. The van der Waals surface area contributed by atoms with Crippen LogP contribution in [0.4, 0.5) is 0 Å². The summed E-state index contributed by atoms with van der Waals surface area (Å²) >= 11 is 0. The zero-order valence-electron chi connectivity index (χ0n) is 7.78. The summed E-state index contributed by atoms with van der Waals surface area (Å²) in [5.41, 5.74) is 2.14. The van der Waals surface area contributed by atoms with Crippen molar-refractivity contribution in [3.05, 3.63) is 30.5 Å². The van der Waals surface area contributed by atoms with E-state index in [1.807, 2.05) is 25.4 Å². The van der Waals surface area contributed by atoms with E-state index in [-0.39, 0.29) is 0 Å². The number of rotatable bonds is 0. The Morgan fingerprint density at radius 1 is 1.21 bits per heavy atom. The fourth-order valence-electron chi connectivity index (χ4n) is 1.87. The van der Waals surface area contributed by atoms with Crippen molar-refractivity contribution in [2.45, 2.75) is 0 Å². The molecule has 0 spiro atoms. The third-order valence-electron chi connectivity index (χ3n) is 2.69. The zero-order valence-corrected chi connectivity index (χ0v) is 7.78. The van der Waals surface area contributed by atoms with E-state index >= 15 is 0 Å². The number of hydrogen-bond donors (Lipinski definition) is 2. The van der Waals surface area contributed by atoms with E-state index in [1.54, 1.807) is 10.6 Å². The highest BCUT2D eigenvalue weighted by atomic mass is 16.3. The van der Waals surface area contributed by atoms with Crippen LogP contribution < -0.4 is 0 Å². The zero-order chi connectivity index (χ0) is 9.71. The van der Waals surface area contributed by atoms with Gasteiger partial charge in [0.05, 0.1) is 5.52 Å². The van der Waals surface area contributed by atoms with Gasteiger partial charge in [0.15, 0.2) is 5.88 Å². The van der Waals surface area contributed by atoms with Crippen LogP contribution in [0.25, 0.3) is 21.8 Å². The Balaban J connectivity index is 2.56. The SMILES string of the molecule is Cn1c(O)cc2cc3cc[nH]c3cc21. The van der Waals surface area contributed by atoms with E-state index in [1.165, 1.54) is 5.39 Å². The monoisotopic (exact) mass is 186 g/mol. The van der Waals surface area contributed by atoms with Crippen LogP contribution in [0, 0.1) is 0 Å². The van der Waals surface area contributed by atoms with Crippen molar-refractivity contribution in [3.8, 4) is 5.88 Å². The maximum absolute atomic E-state index is 9.54. The molecular weight excluding hydrogens is 176 g/mol. The van der Waals surface area contributed by atoms with E-state index in [9.17, 15) is 5.11 Å². The van der Waals surface area contributed by atoms with Gasteiger partial charge in [-0.1, -0.05) is 0 Å². The van der Waals surface area contributed by atoms with Gasteiger partial charge in [-0.15, -0.1) is 0 Å². The van der Waals surface area contributed by atoms with Gasteiger partial charge < -0.3 is 14.7 Å². The topological polar surface area (TPSA) is 41.0 Å². The van der Waals surface area contributed by atoms with E-state index in [4.69, 9.17) is 0 Å². The van der Waals surface area contributed by atoms with E-state index in [2.05, 4.69) is 11.1 Å². The molecule has 70 valence electrons. The Morgan fingerprint density at radius 2 is 2.07 bits per heavy atom. The second-order valence-electron chi connectivity index (χ2n) is 3.54. The molecule has 2 aromatic heterocycles. The van der Waals surface area contributed by atoms with Gasteiger partial charge in [-0.05, 0) is 18.2 Å². The lowest BCUT2D eigenvalue weighted by molar-refractivity contribution is 0.435. The van der Waals surface area contributed by atoms with Crippen molar-refractivity contribution in [1.82, 2.24) is 9.55 Å². The minimum Gasteiger partial charge on any atom is -0.494 e. The van der Waals surface area contributed by atoms with Crippen molar-refractivity contribution >= 4 is 21.8 Å². The molecule has 0 aliphatic rings. The maximum Gasteiger partial charge on any atom is 0.191 e. The van der Waals surface area contributed by atoms with Gasteiger partial charge in [0.1, 0.15) is 0 Å². The summed E-state index contributed by atoms with van der Waals surface area (Å²) in [4.78, 5) is 3.15. The molecule has 0 amide bonds. The molecule has 2 heterocycles. The molecule has 0 aliphatic carbocycles. The Labute approximate surface area is 80.6 Å². The Kier molecular flexibility index (Phi) is 1.24. The van der Waals surface area contributed by atoms with Crippen molar-refractivity contribution < 1.29 is 5.11 Å². The highest BCUT2D eigenvalue weighted by Crippen LogP contribution is 2.27. The molecule has 14 heavy (non-hydrogen) atoms. The molecule has 3 aromatic rings. The summed E-state index contributed by atoms with van der Waals surface area (Å²) in [6.07, 6.45) is 1.92. The molecular formula is C11H10N2O. The highest BCUT2D eigenvalue weighted by Gasteiger charge is 2.05. The number of benzene rings is 1. The number of aryl methyl sites for hydroxylation is 1. The van der Waals surface area contributed by atoms with E-state index in [0.717, 1.165) is 16.4 Å². The highest BCUT2D eigenvalue weighted by molar-refractivity contribution is 5.96. The number of nitrogens with zero attached hydrogens (tertiary/aromatic N) is 1. The third kappa shape index (κ3) is 0.812. The smallest absolute Gasteiger partial charge is 0.191 e. The molecule has 3 rings (SSSR count). The number of nitrogens with one attached hydrogen (secondary N) is 1. The lowest BCUT2D eigenvalue weighted by atomic mass is 10.2. The molecule has 0 unspecified atom stereocenters. The number of hydrogen-bond acceptors (Lipinski definition) is 1. The molecule has 0 fully saturated rings. The Morgan fingerprint density at radius 3 is 2.93 bits per heavy atom. The average Bonchev–Trinajstić information content (AvgIpc) is 2.70. The molecule has 0 saturated carbocycles. The van der Waals surface area contributed by atoms with Gasteiger partial charge in [-0.25, -0.2) is 0 Å². The molecule has 0 radical (unpaired) electrons. The van der Waals surface area contributed by atoms with Gasteiger partial charge >= 0.3 is 0 Å². The predicted molar refractivity (Wildman–Crippen MR) is 56.4 cm³/mol. The largest absolute Gasteiger partial charge is 0.494 e. The molecule has 0 atom stereocenters. The van der Waals surface area contributed by atoms with E-state index < -0.39 is 0 Å². The standard InChI is InChI=1S/C11H10N2O/c1-13-10-6-9-7(2-3-12-9)4-8(10)5-11(13)14/h2-6,12,14H,1H3. The first kappa shape index (κ1) is 7.50. The van der Waals surface area contributed by atoms with Crippen LogP contribution in [0.1, 0.15) is 0 Å². The fourth-order valence-corrected chi connectivity index (χ4v) is 1.87. The molecule has 1 aromatic carbocycles. The van der Waals surface area contributed by atoms with Gasteiger partial charge in [0, 0.05) is 35.6 Å². The van der Waals surface area contributed by atoms with Crippen molar-refractivity contribution in [3.63, 3.8) is 0 Å². The van der Waals surface area contributed by atoms with Crippen molar-refractivity contribution in [1.29, 1.82) is 0 Å². The van der Waals surface area contributed by atoms with E-state index in [0.29, 0.717) is 5.88 Å². The summed E-state index contributed by atoms with van der Waals surface area (Å²) in [6.45, 7) is 0. The van der Waals surface area contributed by atoms with Crippen LogP contribution >= 0.6 is 0 Å². The first-order valence-electron chi connectivity index (χ1n) is 4.51. The minimum atomic E-state index is 0.299. The maximum atomic E-state index is 9.54. The van der Waals surface area contributed by atoms with Crippen LogP contribution in [-0.4, -0.2) is 14.7 Å². The van der Waals surface area contributed by atoms with Crippen LogP contribution in [0.3, 0.4) is 0 Å². The summed E-state index contributed by atoms with van der Waals surface area (Å²) in [5, 5.41) is 11.8. The average molecular weight is 186 g/mol. The van der Waals surface area contributed by atoms with Crippen LogP contribution in [-0.2, 0) is 7.05 Å². The molecule has 2 N–H and O–H groups in total. The predicted octanol–water partition coefficient (Wildman–Crippen LogP) is 2.37. The van der Waals surface area contributed by atoms with Gasteiger partial charge in [0.2, 0.25) is 0 Å². The second-order valence-corrected chi connectivity index (χ2v) is 3.54. The first-order valence-corrected chi connectivity index (χ1v) is 4.51. The number of fused-ring (bicyclic) bond motifs is 2. The Hall–Kier alpha value is -1.90. The molecule has 0 saturated heterocycles. The number of H-pyrrole nitrogens is 1. The normalized spacial score (nSPS) is 11.5. The van der Waals surface area contributed by atoms with Gasteiger partial charge in [-0.2, -0.15) is 0 Å². The van der Waals surface area contributed by atoms with Gasteiger partial charge in [-0.3, -0.25) is 0 Å². The molecule has 0 bridgehead atoms.